The van der Waals surface area contributed by atoms with Gasteiger partial charge in [0.2, 0.25) is 0 Å². The van der Waals surface area contributed by atoms with Crippen LogP contribution in [0.1, 0.15) is 16.0 Å². The third kappa shape index (κ3) is 2.94. The van der Waals surface area contributed by atoms with Crippen LogP contribution in [0.15, 0.2) is 30.3 Å². The molecule has 1 nitrogen and oxygen atoms in total. The number of methoxy groups -OCH3 is 1. The molecule has 106 valence electrons. The summed E-state index contributed by atoms with van der Waals surface area (Å²) in [6, 6.07) is 5.70. The highest BCUT2D eigenvalue weighted by Crippen LogP contribution is 2.39. The highest BCUT2D eigenvalue weighted by molar-refractivity contribution is 9.09. The zero-order chi connectivity index (χ0) is 14.9. The van der Waals surface area contributed by atoms with Crippen molar-refractivity contribution in [3.63, 3.8) is 0 Å². The molecule has 2 aromatic carbocycles. The molecule has 6 heteroatoms. The maximum Gasteiger partial charge on any atom is 0.142 e. The van der Waals surface area contributed by atoms with E-state index in [2.05, 4.69) is 15.9 Å². The Balaban J connectivity index is 2.54. The number of hydrogen-bond donors (Lipinski definition) is 0. The van der Waals surface area contributed by atoms with Crippen LogP contribution in [-0.2, 0) is 0 Å². The Kier molecular flexibility index (Phi) is 4.60. The molecule has 2 aromatic rings. The van der Waals surface area contributed by atoms with Gasteiger partial charge in [0.25, 0.3) is 0 Å². The standard InChI is InChI=1S/C14H9BrClF3O/c1-20-13-3-2-7(17)4-9(13)14(15)8-5-12(19)10(16)6-11(8)18/h2-6,14H,1H3. The summed E-state index contributed by atoms with van der Waals surface area (Å²) in [5.41, 5.74) is 0.365. The molecule has 0 heterocycles. The predicted octanol–water partition coefficient (Wildman–Crippen LogP) is 5.25. The van der Waals surface area contributed by atoms with E-state index >= 15 is 0 Å². The summed E-state index contributed by atoms with van der Waals surface area (Å²) in [7, 11) is 1.41. The summed E-state index contributed by atoms with van der Waals surface area (Å²) >= 11 is 8.74. The largest absolute Gasteiger partial charge is 0.496 e. The molecule has 0 aliphatic rings. The van der Waals surface area contributed by atoms with Gasteiger partial charge in [0.1, 0.15) is 23.2 Å². The minimum absolute atomic E-state index is 0.0100. The molecule has 0 amide bonds. The normalized spacial score (nSPS) is 12.3. The van der Waals surface area contributed by atoms with Crippen molar-refractivity contribution in [3.05, 3.63) is 63.9 Å². The van der Waals surface area contributed by atoms with E-state index in [0.717, 1.165) is 12.1 Å². The monoisotopic (exact) mass is 364 g/mol. The Morgan fingerprint density at radius 3 is 2.40 bits per heavy atom. The van der Waals surface area contributed by atoms with Crippen molar-refractivity contribution < 1.29 is 17.9 Å². The second-order valence-corrected chi connectivity index (χ2v) is 5.36. The van der Waals surface area contributed by atoms with E-state index < -0.39 is 22.3 Å². The van der Waals surface area contributed by atoms with Crippen molar-refractivity contribution in [1.82, 2.24) is 0 Å². The molecule has 0 fully saturated rings. The average Bonchev–Trinajstić information content (AvgIpc) is 2.42. The molecule has 0 bridgehead atoms. The second kappa shape index (κ2) is 6.06. The first-order valence-corrected chi connectivity index (χ1v) is 6.85. The fourth-order valence-electron chi connectivity index (χ4n) is 1.80. The van der Waals surface area contributed by atoms with Crippen LogP contribution in [0.25, 0.3) is 0 Å². The van der Waals surface area contributed by atoms with Gasteiger partial charge in [-0.25, -0.2) is 13.2 Å². The number of hydrogen-bond acceptors (Lipinski definition) is 1. The van der Waals surface area contributed by atoms with Crippen LogP contribution in [0.2, 0.25) is 5.02 Å². The van der Waals surface area contributed by atoms with Crippen LogP contribution in [0, 0.1) is 17.5 Å². The van der Waals surface area contributed by atoms with Gasteiger partial charge in [0.05, 0.1) is 17.0 Å². The lowest BCUT2D eigenvalue weighted by molar-refractivity contribution is 0.409. The van der Waals surface area contributed by atoms with Gasteiger partial charge in [0, 0.05) is 11.1 Å². The van der Waals surface area contributed by atoms with Gasteiger partial charge in [0.15, 0.2) is 0 Å². The maximum atomic E-state index is 13.9. The third-order valence-corrected chi connectivity index (χ3v) is 4.05. The molecular weight excluding hydrogens is 357 g/mol. The fourth-order valence-corrected chi connectivity index (χ4v) is 2.66. The van der Waals surface area contributed by atoms with Crippen molar-refractivity contribution in [2.45, 2.75) is 4.83 Å². The zero-order valence-corrected chi connectivity index (χ0v) is 12.6. The first-order valence-electron chi connectivity index (χ1n) is 5.56. The van der Waals surface area contributed by atoms with Crippen LogP contribution in [-0.4, -0.2) is 7.11 Å². The second-order valence-electron chi connectivity index (χ2n) is 4.04. The van der Waals surface area contributed by atoms with Crippen molar-refractivity contribution in [2.75, 3.05) is 7.11 Å². The number of alkyl halides is 1. The van der Waals surface area contributed by atoms with E-state index in [1.807, 2.05) is 0 Å². The van der Waals surface area contributed by atoms with E-state index in [4.69, 9.17) is 16.3 Å². The Bertz CT molecular complexity index is 649. The molecule has 0 N–H and O–H groups in total. The highest BCUT2D eigenvalue weighted by atomic mass is 79.9. The molecule has 0 radical (unpaired) electrons. The van der Waals surface area contributed by atoms with Crippen molar-refractivity contribution in [3.8, 4) is 5.75 Å². The maximum absolute atomic E-state index is 13.9. The van der Waals surface area contributed by atoms with Crippen molar-refractivity contribution in [2.24, 2.45) is 0 Å². The molecule has 1 atom stereocenters. The van der Waals surface area contributed by atoms with E-state index in [9.17, 15) is 13.2 Å². The Labute approximate surface area is 127 Å². The fraction of sp³-hybridized carbons (Fsp3) is 0.143. The van der Waals surface area contributed by atoms with E-state index in [0.29, 0.717) is 11.3 Å². The lowest BCUT2D eigenvalue weighted by atomic mass is 10.0. The Morgan fingerprint density at radius 2 is 1.75 bits per heavy atom. The van der Waals surface area contributed by atoms with Crippen LogP contribution < -0.4 is 4.74 Å². The Morgan fingerprint density at radius 1 is 1.05 bits per heavy atom. The number of rotatable bonds is 3. The number of benzene rings is 2. The smallest absolute Gasteiger partial charge is 0.142 e. The first kappa shape index (κ1) is 15.2. The molecule has 0 saturated heterocycles. The molecule has 1 unspecified atom stereocenters. The van der Waals surface area contributed by atoms with Gasteiger partial charge in [-0.1, -0.05) is 27.5 Å². The topological polar surface area (TPSA) is 9.23 Å². The van der Waals surface area contributed by atoms with Crippen LogP contribution in [0.4, 0.5) is 13.2 Å². The van der Waals surface area contributed by atoms with Gasteiger partial charge in [-0.3, -0.25) is 0 Å². The molecule has 20 heavy (non-hydrogen) atoms. The van der Waals surface area contributed by atoms with E-state index in [1.54, 1.807) is 0 Å². The molecule has 0 saturated carbocycles. The first-order chi connectivity index (χ1) is 9.43. The summed E-state index contributed by atoms with van der Waals surface area (Å²) in [6.07, 6.45) is 0. The van der Waals surface area contributed by atoms with Crippen LogP contribution in [0.3, 0.4) is 0 Å². The van der Waals surface area contributed by atoms with Crippen LogP contribution >= 0.6 is 27.5 Å². The molecule has 0 aromatic heterocycles. The van der Waals surface area contributed by atoms with Gasteiger partial charge < -0.3 is 4.74 Å². The lowest BCUT2D eigenvalue weighted by Gasteiger charge is -2.16. The molecule has 2 rings (SSSR count). The summed E-state index contributed by atoms with van der Waals surface area (Å²) in [5.74, 6) is -1.57. The number of ether oxygens (including phenoxy) is 1. The Hall–Kier alpha value is -1.20. The van der Waals surface area contributed by atoms with Crippen molar-refractivity contribution in [1.29, 1.82) is 0 Å². The van der Waals surface area contributed by atoms with Crippen molar-refractivity contribution >= 4 is 27.5 Å². The molecular formula is C14H9BrClF3O. The van der Waals surface area contributed by atoms with E-state index in [-0.39, 0.29) is 10.6 Å². The van der Waals surface area contributed by atoms with Gasteiger partial charge in [-0.05, 0) is 30.3 Å². The summed E-state index contributed by atoms with van der Waals surface area (Å²) in [5, 5.41) is -0.308. The average molecular weight is 366 g/mol. The highest BCUT2D eigenvalue weighted by Gasteiger charge is 2.21. The molecule has 0 aliphatic carbocycles. The zero-order valence-electron chi connectivity index (χ0n) is 10.3. The minimum Gasteiger partial charge on any atom is -0.496 e. The molecule has 0 aliphatic heterocycles. The summed E-state index contributed by atoms with van der Waals surface area (Å²) in [6.45, 7) is 0. The van der Waals surface area contributed by atoms with Gasteiger partial charge in [-0.2, -0.15) is 0 Å². The van der Waals surface area contributed by atoms with Gasteiger partial charge in [-0.15, -0.1) is 0 Å². The van der Waals surface area contributed by atoms with Gasteiger partial charge >= 0.3 is 0 Å². The summed E-state index contributed by atoms with van der Waals surface area (Å²) in [4.78, 5) is -0.764. The van der Waals surface area contributed by atoms with E-state index in [1.165, 1.54) is 25.3 Å². The predicted molar refractivity (Wildman–Crippen MR) is 75.1 cm³/mol. The number of halogens is 5. The summed E-state index contributed by atoms with van der Waals surface area (Å²) < 4.78 is 45.8. The third-order valence-electron chi connectivity index (χ3n) is 2.78. The lowest BCUT2D eigenvalue weighted by Crippen LogP contribution is -2.01. The quantitative estimate of drug-likeness (QED) is 0.533. The SMILES string of the molecule is COc1ccc(F)cc1C(Br)c1cc(F)c(Cl)cc1F. The minimum atomic E-state index is -0.764. The molecule has 0 spiro atoms. The van der Waals surface area contributed by atoms with Crippen LogP contribution in [0.5, 0.6) is 5.75 Å².